The molecule has 2 aromatic rings. The van der Waals surface area contributed by atoms with Gasteiger partial charge in [-0.15, -0.1) is 0 Å². The standard InChI is InChI=1S/C20H29N5O3/c1-11(2)10-25-17-16(18(26)23-20(25)28)14(8-15(22-17)12(3)4)19(27)24-7-6-21-9-13(24)5/h8,11-13,21H,6-7,9-10H2,1-5H3,(H,23,26,28)/t13-/m1/s1. The Balaban J connectivity index is 2.31. The second-order valence-electron chi connectivity index (χ2n) is 8.26. The second kappa shape index (κ2) is 7.87. The number of nitrogens with one attached hydrogen (secondary N) is 2. The molecule has 1 aliphatic rings. The van der Waals surface area contributed by atoms with Crippen molar-refractivity contribution in [3.8, 4) is 0 Å². The summed E-state index contributed by atoms with van der Waals surface area (Å²) < 4.78 is 1.48. The Bertz CT molecular complexity index is 1010. The molecule has 1 fully saturated rings. The molecule has 2 N–H and O–H groups in total. The van der Waals surface area contributed by atoms with Crippen LogP contribution in [0.3, 0.4) is 0 Å². The van der Waals surface area contributed by atoms with E-state index in [1.807, 2.05) is 34.6 Å². The highest BCUT2D eigenvalue weighted by atomic mass is 16.2. The second-order valence-corrected chi connectivity index (χ2v) is 8.26. The van der Waals surface area contributed by atoms with Gasteiger partial charge in [0.25, 0.3) is 11.5 Å². The van der Waals surface area contributed by atoms with Crippen LogP contribution in [0.4, 0.5) is 0 Å². The van der Waals surface area contributed by atoms with Gasteiger partial charge in [0.2, 0.25) is 0 Å². The van der Waals surface area contributed by atoms with Gasteiger partial charge in [-0.05, 0) is 24.8 Å². The van der Waals surface area contributed by atoms with E-state index in [0.717, 1.165) is 0 Å². The molecule has 28 heavy (non-hydrogen) atoms. The minimum absolute atomic E-state index is 0.0209. The predicted molar refractivity (Wildman–Crippen MR) is 109 cm³/mol. The van der Waals surface area contributed by atoms with Crippen molar-refractivity contribution >= 4 is 16.9 Å². The monoisotopic (exact) mass is 387 g/mol. The summed E-state index contributed by atoms with van der Waals surface area (Å²) in [5, 5.41) is 3.46. The fourth-order valence-electron chi connectivity index (χ4n) is 3.59. The van der Waals surface area contributed by atoms with Gasteiger partial charge in [0.05, 0.1) is 10.9 Å². The summed E-state index contributed by atoms with van der Waals surface area (Å²) in [5.74, 6) is 0.0467. The van der Waals surface area contributed by atoms with Crippen molar-refractivity contribution in [1.29, 1.82) is 0 Å². The highest BCUT2D eigenvalue weighted by Crippen LogP contribution is 2.22. The van der Waals surface area contributed by atoms with Crippen molar-refractivity contribution in [3.05, 3.63) is 38.2 Å². The summed E-state index contributed by atoms with van der Waals surface area (Å²) in [7, 11) is 0. The molecule has 0 saturated carbocycles. The topological polar surface area (TPSA) is 100 Å². The molecule has 3 heterocycles. The largest absolute Gasteiger partial charge is 0.333 e. The molecule has 0 aromatic carbocycles. The summed E-state index contributed by atoms with van der Waals surface area (Å²) in [6, 6.07) is 1.73. The maximum absolute atomic E-state index is 13.4. The van der Waals surface area contributed by atoms with Crippen molar-refractivity contribution < 1.29 is 4.79 Å². The zero-order chi connectivity index (χ0) is 20.6. The molecule has 1 saturated heterocycles. The Hall–Kier alpha value is -2.48. The highest BCUT2D eigenvalue weighted by Gasteiger charge is 2.28. The first-order valence-electron chi connectivity index (χ1n) is 9.90. The van der Waals surface area contributed by atoms with E-state index in [0.29, 0.717) is 43.1 Å². The van der Waals surface area contributed by atoms with Crippen LogP contribution in [0.1, 0.15) is 56.6 Å². The van der Waals surface area contributed by atoms with Crippen LogP contribution < -0.4 is 16.6 Å². The fraction of sp³-hybridized carbons (Fsp3) is 0.600. The normalized spacial score (nSPS) is 17.7. The third-order valence-corrected chi connectivity index (χ3v) is 5.10. The smallest absolute Gasteiger partial charge is 0.330 e. The van der Waals surface area contributed by atoms with Gasteiger partial charge in [-0.1, -0.05) is 27.7 Å². The number of rotatable bonds is 4. The number of fused-ring (bicyclic) bond motifs is 1. The number of piperazine rings is 1. The van der Waals surface area contributed by atoms with Crippen molar-refractivity contribution in [2.45, 2.75) is 53.1 Å². The lowest BCUT2D eigenvalue weighted by Gasteiger charge is -2.34. The Labute approximate surface area is 164 Å². The Morgan fingerprint density at radius 3 is 2.61 bits per heavy atom. The van der Waals surface area contributed by atoms with Gasteiger partial charge in [-0.25, -0.2) is 9.78 Å². The van der Waals surface area contributed by atoms with Gasteiger partial charge < -0.3 is 10.2 Å². The molecule has 152 valence electrons. The number of pyridine rings is 1. The summed E-state index contributed by atoms with van der Waals surface area (Å²) in [6.45, 7) is 12.3. The summed E-state index contributed by atoms with van der Waals surface area (Å²) >= 11 is 0. The van der Waals surface area contributed by atoms with E-state index < -0.39 is 11.2 Å². The summed E-state index contributed by atoms with van der Waals surface area (Å²) in [6.07, 6.45) is 0. The van der Waals surface area contributed by atoms with E-state index in [4.69, 9.17) is 0 Å². The first-order valence-corrected chi connectivity index (χ1v) is 9.90. The van der Waals surface area contributed by atoms with E-state index in [1.54, 1.807) is 11.0 Å². The summed E-state index contributed by atoms with van der Waals surface area (Å²) in [4.78, 5) is 47.4. The molecule has 8 nitrogen and oxygen atoms in total. The van der Waals surface area contributed by atoms with Gasteiger partial charge >= 0.3 is 5.69 Å². The molecule has 2 aromatic heterocycles. The zero-order valence-corrected chi connectivity index (χ0v) is 17.2. The minimum Gasteiger partial charge on any atom is -0.333 e. The summed E-state index contributed by atoms with van der Waals surface area (Å²) in [5.41, 5.74) is 0.254. The van der Waals surface area contributed by atoms with E-state index in [2.05, 4.69) is 15.3 Å². The third kappa shape index (κ3) is 3.73. The van der Waals surface area contributed by atoms with Gasteiger partial charge in [0.15, 0.2) is 5.65 Å². The molecular weight excluding hydrogens is 358 g/mol. The SMILES string of the molecule is CC(C)Cn1c(=O)[nH]c(=O)c2c(C(=O)N3CCNC[C@H]3C)cc(C(C)C)nc21. The lowest BCUT2D eigenvalue weighted by Crippen LogP contribution is -2.52. The molecule has 0 aliphatic carbocycles. The molecule has 1 atom stereocenters. The first kappa shape index (κ1) is 20.3. The third-order valence-electron chi connectivity index (χ3n) is 5.10. The van der Waals surface area contributed by atoms with Gasteiger partial charge in [0, 0.05) is 37.9 Å². The molecular formula is C20H29N5O3. The van der Waals surface area contributed by atoms with Crippen molar-refractivity contribution in [3.63, 3.8) is 0 Å². The van der Waals surface area contributed by atoms with E-state index in [-0.39, 0.29) is 29.2 Å². The fourth-order valence-corrected chi connectivity index (χ4v) is 3.59. The van der Waals surface area contributed by atoms with Gasteiger partial charge in [-0.3, -0.25) is 19.1 Å². The number of hydrogen-bond donors (Lipinski definition) is 2. The average molecular weight is 387 g/mol. The zero-order valence-electron chi connectivity index (χ0n) is 17.2. The molecule has 0 spiro atoms. The molecule has 1 aliphatic heterocycles. The maximum atomic E-state index is 13.4. The van der Waals surface area contributed by atoms with Gasteiger partial charge in [-0.2, -0.15) is 0 Å². The minimum atomic E-state index is -0.561. The van der Waals surface area contributed by atoms with Crippen LogP contribution >= 0.6 is 0 Å². The molecule has 3 rings (SSSR count). The van der Waals surface area contributed by atoms with Crippen LogP contribution in [0, 0.1) is 5.92 Å². The van der Waals surface area contributed by atoms with Crippen LogP contribution in [0.25, 0.3) is 11.0 Å². The number of aromatic amines is 1. The number of aromatic nitrogens is 3. The molecule has 0 unspecified atom stereocenters. The quantitative estimate of drug-likeness (QED) is 0.824. The molecule has 8 heteroatoms. The van der Waals surface area contributed by atoms with Crippen LogP contribution in [-0.4, -0.2) is 51.0 Å². The van der Waals surface area contributed by atoms with Crippen LogP contribution in [0.5, 0.6) is 0 Å². The van der Waals surface area contributed by atoms with Crippen LogP contribution in [-0.2, 0) is 6.54 Å². The lowest BCUT2D eigenvalue weighted by atomic mass is 10.0. The number of amides is 1. The number of H-pyrrole nitrogens is 1. The Kier molecular flexibility index (Phi) is 5.69. The average Bonchev–Trinajstić information content (AvgIpc) is 2.63. The highest BCUT2D eigenvalue weighted by molar-refractivity contribution is 6.05. The number of nitrogens with zero attached hydrogens (tertiary/aromatic N) is 3. The van der Waals surface area contributed by atoms with Gasteiger partial charge in [0.1, 0.15) is 0 Å². The number of carbonyl (C=O) groups excluding carboxylic acids is 1. The van der Waals surface area contributed by atoms with Crippen LogP contribution in [0.15, 0.2) is 15.7 Å². The molecule has 0 radical (unpaired) electrons. The Morgan fingerprint density at radius 1 is 1.29 bits per heavy atom. The van der Waals surface area contributed by atoms with E-state index >= 15 is 0 Å². The van der Waals surface area contributed by atoms with E-state index in [1.165, 1.54) is 4.57 Å². The van der Waals surface area contributed by atoms with Crippen molar-refractivity contribution in [2.75, 3.05) is 19.6 Å². The number of hydrogen-bond acceptors (Lipinski definition) is 5. The van der Waals surface area contributed by atoms with Crippen molar-refractivity contribution in [1.82, 2.24) is 24.8 Å². The lowest BCUT2D eigenvalue weighted by molar-refractivity contribution is 0.0657. The molecule has 1 amide bonds. The maximum Gasteiger partial charge on any atom is 0.330 e. The molecule has 0 bridgehead atoms. The first-order chi connectivity index (χ1) is 13.2. The number of carbonyl (C=O) groups is 1. The van der Waals surface area contributed by atoms with Crippen LogP contribution in [0.2, 0.25) is 0 Å². The predicted octanol–water partition coefficient (Wildman–Crippen LogP) is 1.30. The van der Waals surface area contributed by atoms with Crippen molar-refractivity contribution in [2.24, 2.45) is 5.92 Å². The van der Waals surface area contributed by atoms with E-state index in [9.17, 15) is 14.4 Å². The Morgan fingerprint density at radius 2 is 2.00 bits per heavy atom.